The van der Waals surface area contributed by atoms with Crippen LogP contribution >= 0.6 is 0 Å². The highest BCUT2D eigenvalue weighted by Gasteiger charge is 2.05. The van der Waals surface area contributed by atoms with Crippen molar-refractivity contribution in [1.29, 1.82) is 0 Å². The van der Waals surface area contributed by atoms with Crippen molar-refractivity contribution < 1.29 is 0 Å². The molecule has 1 rings (SSSR count). The van der Waals surface area contributed by atoms with E-state index in [9.17, 15) is 0 Å². The van der Waals surface area contributed by atoms with Gasteiger partial charge in [-0.05, 0) is 75.8 Å². The SMILES string of the molecule is CCCN(CCC)CCc1cccc(CCN(CCC)CCC)c1. The summed E-state index contributed by atoms with van der Waals surface area (Å²) in [6.07, 6.45) is 7.38. The summed E-state index contributed by atoms with van der Waals surface area (Å²) in [7, 11) is 0. The van der Waals surface area contributed by atoms with Crippen molar-refractivity contribution in [3.8, 4) is 0 Å². The standard InChI is InChI=1S/C22H40N2/c1-5-14-23(15-6-2)18-12-21-10-9-11-22(20-21)13-19-24(16-7-3)17-8-4/h9-11,20H,5-8,12-19H2,1-4H3. The Balaban J connectivity index is 2.50. The van der Waals surface area contributed by atoms with Gasteiger partial charge in [0.1, 0.15) is 0 Å². The number of rotatable bonds is 14. The highest BCUT2D eigenvalue weighted by Crippen LogP contribution is 2.09. The van der Waals surface area contributed by atoms with Crippen LogP contribution < -0.4 is 0 Å². The van der Waals surface area contributed by atoms with Crippen molar-refractivity contribution in [2.24, 2.45) is 0 Å². The average molecular weight is 333 g/mol. The molecule has 24 heavy (non-hydrogen) atoms. The molecule has 2 heteroatoms. The van der Waals surface area contributed by atoms with E-state index in [-0.39, 0.29) is 0 Å². The quantitative estimate of drug-likeness (QED) is 0.472. The molecule has 1 aromatic rings. The number of benzene rings is 1. The summed E-state index contributed by atoms with van der Waals surface area (Å²) in [5, 5.41) is 0. The second-order valence-electron chi connectivity index (χ2n) is 7.00. The van der Waals surface area contributed by atoms with Crippen LogP contribution in [0.2, 0.25) is 0 Å². The second kappa shape index (κ2) is 13.4. The lowest BCUT2D eigenvalue weighted by molar-refractivity contribution is 0.277. The Hall–Kier alpha value is -0.860. The zero-order chi connectivity index (χ0) is 17.6. The van der Waals surface area contributed by atoms with Crippen LogP contribution in [0, 0.1) is 0 Å². The van der Waals surface area contributed by atoms with Gasteiger partial charge in [-0.15, -0.1) is 0 Å². The first-order chi connectivity index (χ1) is 11.7. The molecule has 0 bridgehead atoms. The second-order valence-corrected chi connectivity index (χ2v) is 7.00. The molecule has 1 aromatic carbocycles. The van der Waals surface area contributed by atoms with Crippen LogP contribution in [-0.4, -0.2) is 49.1 Å². The first kappa shape index (κ1) is 21.2. The molecule has 0 unspecified atom stereocenters. The third kappa shape index (κ3) is 8.84. The van der Waals surface area contributed by atoms with Crippen LogP contribution in [0.1, 0.15) is 64.5 Å². The lowest BCUT2D eigenvalue weighted by Gasteiger charge is -2.22. The minimum atomic E-state index is 1.18. The zero-order valence-corrected chi connectivity index (χ0v) is 16.7. The summed E-state index contributed by atoms with van der Waals surface area (Å²) in [5.74, 6) is 0. The summed E-state index contributed by atoms with van der Waals surface area (Å²) in [6.45, 7) is 16.4. The number of nitrogens with zero attached hydrogens (tertiary/aromatic N) is 2. The Bertz CT molecular complexity index is 369. The van der Waals surface area contributed by atoms with Gasteiger partial charge in [-0.25, -0.2) is 0 Å². The molecular weight excluding hydrogens is 292 g/mol. The van der Waals surface area contributed by atoms with E-state index in [1.165, 1.54) is 88.9 Å². The Morgan fingerprint density at radius 2 is 0.958 bits per heavy atom. The van der Waals surface area contributed by atoms with Gasteiger partial charge in [0.05, 0.1) is 0 Å². The largest absolute Gasteiger partial charge is 0.303 e. The van der Waals surface area contributed by atoms with Crippen molar-refractivity contribution in [3.05, 3.63) is 35.4 Å². The molecule has 0 aromatic heterocycles. The highest BCUT2D eigenvalue weighted by atomic mass is 15.1. The minimum Gasteiger partial charge on any atom is -0.303 e. The molecule has 0 aliphatic heterocycles. The van der Waals surface area contributed by atoms with Gasteiger partial charge in [0.15, 0.2) is 0 Å². The van der Waals surface area contributed by atoms with E-state index in [1.54, 1.807) is 0 Å². The maximum Gasteiger partial charge on any atom is 0.00218 e. The van der Waals surface area contributed by atoms with E-state index in [2.05, 4.69) is 61.8 Å². The van der Waals surface area contributed by atoms with Crippen molar-refractivity contribution in [1.82, 2.24) is 9.80 Å². The van der Waals surface area contributed by atoms with E-state index in [1.807, 2.05) is 0 Å². The van der Waals surface area contributed by atoms with E-state index in [4.69, 9.17) is 0 Å². The van der Waals surface area contributed by atoms with Crippen molar-refractivity contribution in [2.75, 3.05) is 39.3 Å². The smallest absolute Gasteiger partial charge is 0.00218 e. The molecule has 0 N–H and O–H groups in total. The molecule has 0 heterocycles. The zero-order valence-electron chi connectivity index (χ0n) is 16.7. The van der Waals surface area contributed by atoms with Crippen LogP contribution in [0.25, 0.3) is 0 Å². The Kier molecular flexibility index (Phi) is 11.9. The summed E-state index contributed by atoms with van der Waals surface area (Å²) in [5.41, 5.74) is 3.00. The molecule has 0 aliphatic carbocycles. The van der Waals surface area contributed by atoms with Gasteiger partial charge in [0.2, 0.25) is 0 Å². The summed E-state index contributed by atoms with van der Waals surface area (Å²) in [6, 6.07) is 9.29. The van der Waals surface area contributed by atoms with Gasteiger partial charge in [0.25, 0.3) is 0 Å². The van der Waals surface area contributed by atoms with Crippen molar-refractivity contribution in [3.63, 3.8) is 0 Å². The summed E-state index contributed by atoms with van der Waals surface area (Å²) < 4.78 is 0. The first-order valence-electron chi connectivity index (χ1n) is 10.3. The first-order valence-corrected chi connectivity index (χ1v) is 10.3. The van der Waals surface area contributed by atoms with E-state index < -0.39 is 0 Å². The average Bonchev–Trinajstić information content (AvgIpc) is 2.59. The molecule has 0 fully saturated rings. The van der Waals surface area contributed by atoms with Gasteiger partial charge in [-0.3, -0.25) is 0 Å². The monoisotopic (exact) mass is 332 g/mol. The topological polar surface area (TPSA) is 6.48 Å². The molecule has 0 saturated carbocycles. The van der Waals surface area contributed by atoms with Crippen LogP contribution in [0.5, 0.6) is 0 Å². The summed E-state index contributed by atoms with van der Waals surface area (Å²) >= 11 is 0. The normalized spacial score (nSPS) is 11.6. The van der Waals surface area contributed by atoms with E-state index in [0.29, 0.717) is 0 Å². The number of hydrogen-bond donors (Lipinski definition) is 0. The van der Waals surface area contributed by atoms with Gasteiger partial charge in [-0.2, -0.15) is 0 Å². The fraction of sp³-hybridized carbons (Fsp3) is 0.727. The van der Waals surface area contributed by atoms with Crippen molar-refractivity contribution >= 4 is 0 Å². The van der Waals surface area contributed by atoms with Crippen molar-refractivity contribution in [2.45, 2.75) is 66.2 Å². The molecule has 0 spiro atoms. The summed E-state index contributed by atoms with van der Waals surface area (Å²) in [4.78, 5) is 5.22. The molecular formula is C22H40N2. The Labute approximate surface area is 151 Å². The van der Waals surface area contributed by atoms with Gasteiger partial charge in [-0.1, -0.05) is 52.0 Å². The molecule has 0 aliphatic rings. The molecule has 0 atom stereocenters. The lowest BCUT2D eigenvalue weighted by atomic mass is 10.1. The van der Waals surface area contributed by atoms with E-state index in [0.717, 1.165) is 0 Å². The fourth-order valence-corrected chi connectivity index (χ4v) is 3.45. The molecule has 138 valence electrons. The van der Waals surface area contributed by atoms with Crippen LogP contribution in [0.3, 0.4) is 0 Å². The molecule has 0 saturated heterocycles. The van der Waals surface area contributed by atoms with E-state index >= 15 is 0 Å². The maximum atomic E-state index is 2.61. The lowest BCUT2D eigenvalue weighted by Crippen LogP contribution is -2.28. The third-order valence-corrected chi connectivity index (χ3v) is 4.58. The van der Waals surface area contributed by atoms with Gasteiger partial charge < -0.3 is 9.80 Å². The van der Waals surface area contributed by atoms with Crippen LogP contribution in [0.4, 0.5) is 0 Å². The molecule has 0 amide bonds. The molecule has 0 radical (unpaired) electrons. The highest BCUT2D eigenvalue weighted by molar-refractivity contribution is 5.24. The molecule has 2 nitrogen and oxygen atoms in total. The maximum absolute atomic E-state index is 2.61. The third-order valence-electron chi connectivity index (χ3n) is 4.58. The van der Waals surface area contributed by atoms with Gasteiger partial charge in [0, 0.05) is 13.1 Å². The van der Waals surface area contributed by atoms with Gasteiger partial charge >= 0.3 is 0 Å². The predicted octanol–water partition coefficient (Wildman–Crippen LogP) is 5.02. The predicted molar refractivity (Wildman–Crippen MR) is 108 cm³/mol. The Morgan fingerprint density at radius 1 is 0.583 bits per heavy atom. The van der Waals surface area contributed by atoms with Crippen LogP contribution in [0.15, 0.2) is 24.3 Å². The number of hydrogen-bond acceptors (Lipinski definition) is 2. The Morgan fingerprint density at radius 3 is 1.29 bits per heavy atom. The van der Waals surface area contributed by atoms with Crippen LogP contribution in [-0.2, 0) is 12.8 Å². The minimum absolute atomic E-state index is 1.18. The fourth-order valence-electron chi connectivity index (χ4n) is 3.45.